The summed E-state index contributed by atoms with van der Waals surface area (Å²) in [4.78, 5) is 16.6. The number of carbonyl (C=O) groups is 1. The first-order chi connectivity index (χ1) is 12.6. The molecule has 1 atom stereocenters. The topological polar surface area (TPSA) is 113 Å². The Bertz CT molecular complexity index is 517. The van der Waals surface area contributed by atoms with E-state index in [2.05, 4.69) is 21.8 Å². The van der Waals surface area contributed by atoms with E-state index in [-0.39, 0.29) is 11.9 Å². The molecule has 2 saturated heterocycles. The van der Waals surface area contributed by atoms with E-state index >= 15 is 0 Å². The smallest absolute Gasteiger partial charge is 0.246 e. The summed E-state index contributed by atoms with van der Waals surface area (Å²) >= 11 is 0. The summed E-state index contributed by atoms with van der Waals surface area (Å²) in [7, 11) is 0. The minimum absolute atomic E-state index is 0.0509. The Morgan fingerprint density at radius 3 is 2.81 bits per heavy atom. The molecule has 9 nitrogen and oxygen atoms in total. The summed E-state index contributed by atoms with van der Waals surface area (Å²) in [5, 5.41) is 9.45. The van der Waals surface area contributed by atoms with Crippen LogP contribution in [0.25, 0.3) is 0 Å². The number of hydrogen-bond acceptors (Lipinski definition) is 7. The lowest BCUT2D eigenvalue weighted by atomic mass is 10.0. The van der Waals surface area contributed by atoms with Gasteiger partial charge < -0.3 is 21.2 Å². The van der Waals surface area contributed by atoms with Crippen molar-refractivity contribution in [2.75, 3.05) is 52.5 Å². The third-order valence-corrected chi connectivity index (χ3v) is 4.80. The molecule has 2 rings (SSSR count). The van der Waals surface area contributed by atoms with E-state index in [9.17, 15) is 4.79 Å². The van der Waals surface area contributed by atoms with Gasteiger partial charge in [-0.15, -0.1) is 0 Å². The summed E-state index contributed by atoms with van der Waals surface area (Å²) < 4.78 is 5.33. The molecular formula is C17H31N7O2. The van der Waals surface area contributed by atoms with Crippen molar-refractivity contribution in [3.63, 3.8) is 0 Å². The van der Waals surface area contributed by atoms with Crippen molar-refractivity contribution in [2.24, 2.45) is 21.8 Å². The molecule has 0 aromatic carbocycles. The molecule has 2 aliphatic heterocycles. The fraction of sp³-hybridized carbons (Fsp3) is 0.706. The number of nitrogens with two attached hydrogens (primary N) is 2. The number of rotatable bonds is 8. The van der Waals surface area contributed by atoms with Gasteiger partial charge in [0, 0.05) is 58.5 Å². The zero-order chi connectivity index (χ0) is 18.8. The predicted molar refractivity (Wildman–Crippen MR) is 103 cm³/mol. The Morgan fingerprint density at radius 1 is 1.35 bits per heavy atom. The first kappa shape index (κ1) is 20.2. The van der Waals surface area contributed by atoms with Crippen LogP contribution in [0.1, 0.15) is 19.3 Å². The molecular weight excluding hydrogens is 334 g/mol. The van der Waals surface area contributed by atoms with E-state index in [4.69, 9.17) is 16.3 Å². The molecule has 0 aromatic rings. The molecule has 4 N–H and O–H groups in total. The van der Waals surface area contributed by atoms with E-state index in [0.717, 1.165) is 52.2 Å². The second-order valence-corrected chi connectivity index (χ2v) is 6.57. The van der Waals surface area contributed by atoms with Gasteiger partial charge in [-0.05, 0) is 12.8 Å². The molecule has 0 unspecified atom stereocenters. The van der Waals surface area contributed by atoms with Gasteiger partial charge in [0.05, 0.1) is 19.3 Å². The van der Waals surface area contributed by atoms with Gasteiger partial charge in [-0.3, -0.25) is 14.7 Å². The van der Waals surface area contributed by atoms with Crippen molar-refractivity contribution in [3.05, 3.63) is 12.2 Å². The summed E-state index contributed by atoms with van der Waals surface area (Å²) in [5.74, 6) is 5.60. The fourth-order valence-electron chi connectivity index (χ4n) is 3.25. The minimum Gasteiger partial charge on any atom is -0.386 e. The highest BCUT2D eigenvalue weighted by atomic mass is 16.5. The Kier molecular flexibility index (Phi) is 8.36. The van der Waals surface area contributed by atoms with Crippen LogP contribution in [0.4, 0.5) is 0 Å². The van der Waals surface area contributed by atoms with Crippen LogP contribution < -0.4 is 11.6 Å². The van der Waals surface area contributed by atoms with Crippen LogP contribution in [0.3, 0.4) is 0 Å². The van der Waals surface area contributed by atoms with Crippen molar-refractivity contribution in [1.29, 1.82) is 0 Å². The van der Waals surface area contributed by atoms with Crippen LogP contribution in [0, 0.1) is 0 Å². The van der Waals surface area contributed by atoms with Crippen molar-refractivity contribution >= 4 is 18.5 Å². The normalized spacial score (nSPS) is 22.5. The quantitative estimate of drug-likeness (QED) is 0.195. The number of carbonyl (C=O) groups excluding carboxylic acids is 1. The number of piperidine rings is 1. The van der Waals surface area contributed by atoms with Gasteiger partial charge in [0.2, 0.25) is 5.91 Å². The minimum atomic E-state index is 0.0509. The summed E-state index contributed by atoms with van der Waals surface area (Å²) in [6.07, 6.45) is 6.07. The molecule has 2 aliphatic rings. The lowest BCUT2D eigenvalue weighted by Gasteiger charge is -2.37. The molecule has 26 heavy (non-hydrogen) atoms. The van der Waals surface area contributed by atoms with Crippen molar-refractivity contribution in [3.8, 4) is 0 Å². The molecule has 9 heteroatoms. The highest BCUT2D eigenvalue weighted by Crippen LogP contribution is 2.17. The van der Waals surface area contributed by atoms with Gasteiger partial charge in [0.15, 0.2) is 0 Å². The van der Waals surface area contributed by atoms with Crippen molar-refractivity contribution < 1.29 is 9.53 Å². The van der Waals surface area contributed by atoms with Crippen LogP contribution in [0.15, 0.2) is 22.4 Å². The molecule has 0 spiro atoms. The van der Waals surface area contributed by atoms with E-state index < -0.39 is 0 Å². The maximum absolute atomic E-state index is 12.5. The number of hydrogen-bond donors (Lipinski definition) is 2. The average molecular weight is 365 g/mol. The molecule has 146 valence electrons. The molecule has 1 amide bonds. The molecule has 0 saturated carbocycles. The number of nitrogens with zero attached hydrogens (tertiary/aromatic N) is 5. The standard InChI is InChI=1S/C17H31N7O2/c1-20-24(9-6-16(18)21-19)15-4-2-8-23(14-15)17(25)5-3-7-22-10-12-26-13-11-22/h3,5,15H,1-2,4,6-14,19H2,(H2,18,21)/b5-3+/t15-/m1/s1. The zero-order valence-corrected chi connectivity index (χ0v) is 15.4. The summed E-state index contributed by atoms with van der Waals surface area (Å²) in [6, 6.07) is 0.142. The maximum atomic E-state index is 12.5. The highest BCUT2D eigenvalue weighted by molar-refractivity contribution is 5.87. The molecule has 2 heterocycles. The SMILES string of the molecule is C=NN(CC/C(N)=N\N)[C@@H]1CCCN(C(=O)/C=C/CN2CCOCC2)C1. The monoisotopic (exact) mass is 365 g/mol. The Labute approximate surface area is 155 Å². The maximum Gasteiger partial charge on any atom is 0.246 e. The second-order valence-electron chi connectivity index (χ2n) is 6.57. The van der Waals surface area contributed by atoms with Gasteiger partial charge in [-0.1, -0.05) is 6.08 Å². The van der Waals surface area contributed by atoms with E-state index in [1.807, 2.05) is 16.0 Å². The zero-order valence-electron chi connectivity index (χ0n) is 15.4. The van der Waals surface area contributed by atoms with Gasteiger partial charge >= 0.3 is 0 Å². The largest absolute Gasteiger partial charge is 0.386 e. The van der Waals surface area contributed by atoms with Crippen molar-refractivity contribution in [2.45, 2.75) is 25.3 Å². The van der Waals surface area contributed by atoms with Crippen LogP contribution in [0.5, 0.6) is 0 Å². The van der Waals surface area contributed by atoms with Crippen LogP contribution >= 0.6 is 0 Å². The van der Waals surface area contributed by atoms with E-state index in [1.54, 1.807) is 6.08 Å². The van der Waals surface area contributed by atoms with E-state index in [1.165, 1.54) is 0 Å². The number of amides is 1. The van der Waals surface area contributed by atoms with Gasteiger partial charge in [-0.2, -0.15) is 10.2 Å². The Balaban J connectivity index is 1.81. The first-order valence-corrected chi connectivity index (χ1v) is 9.15. The number of hydrazone groups is 2. The van der Waals surface area contributed by atoms with Crippen LogP contribution in [-0.2, 0) is 9.53 Å². The predicted octanol–water partition coefficient (Wildman–Crippen LogP) is -0.596. The highest BCUT2D eigenvalue weighted by Gasteiger charge is 2.26. The molecule has 0 bridgehead atoms. The third kappa shape index (κ3) is 6.30. The average Bonchev–Trinajstić information content (AvgIpc) is 2.69. The Hall–Kier alpha value is -2.13. The van der Waals surface area contributed by atoms with Crippen LogP contribution in [-0.4, -0.2) is 91.8 Å². The number of likely N-dealkylation sites (tertiary alicyclic amines) is 1. The molecule has 0 aliphatic carbocycles. The number of morpholine rings is 1. The lowest BCUT2D eigenvalue weighted by molar-refractivity contribution is -0.128. The lowest BCUT2D eigenvalue weighted by Crippen LogP contribution is -2.48. The van der Waals surface area contributed by atoms with Gasteiger partial charge in [-0.25, -0.2) is 0 Å². The second kappa shape index (κ2) is 10.8. The molecule has 0 aromatic heterocycles. The summed E-state index contributed by atoms with van der Waals surface area (Å²) in [5.41, 5.74) is 5.65. The number of amidine groups is 1. The van der Waals surface area contributed by atoms with Crippen LogP contribution in [0.2, 0.25) is 0 Å². The Morgan fingerprint density at radius 2 is 2.12 bits per heavy atom. The van der Waals surface area contributed by atoms with Crippen molar-refractivity contribution in [1.82, 2.24) is 14.8 Å². The van der Waals surface area contributed by atoms with Gasteiger partial charge in [0.1, 0.15) is 5.84 Å². The number of ether oxygens (including phenoxy) is 1. The van der Waals surface area contributed by atoms with E-state index in [0.29, 0.717) is 25.3 Å². The summed E-state index contributed by atoms with van der Waals surface area (Å²) in [6.45, 7) is 9.79. The molecule has 0 radical (unpaired) electrons. The molecule has 2 fully saturated rings. The fourth-order valence-corrected chi connectivity index (χ4v) is 3.25. The third-order valence-electron chi connectivity index (χ3n) is 4.80. The first-order valence-electron chi connectivity index (χ1n) is 9.15. The van der Waals surface area contributed by atoms with Gasteiger partial charge in [0.25, 0.3) is 0 Å².